The quantitative estimate of drug-likeness (QED) is 0.0630. The van der Waals surface area contributed by atoms with Crippen LogP contribution in [0.2, 0.25) is 18.6 Å². The molecule has 4 aromatic carbocycles. The first kappa shape index (κ1) is 36.9. The van der Waals surface area contributed by atoms with Gasteiger partial charge in [-0.05, 0) is 76.0 Å². The number of aromatic nitrogens is 3. The molecule has 1 fully saturated rings. The SMILES string of the molecule is COc1ccc([Si](C)(C)[C@H]2[C@H](CCn3cc(C(CO)c4ccccc4)nn3)O[C@@]3(C(=O)N(Cc4cccc(I)c4)c4ccc([N+](=O)[O-])cc43)[C@@H]2C)cc1. The molecule has 0 aliphatic carbocycles. The molecule has 3 heterocycles. The number of aryl methyl sites for hydroxylation is 1. The van der Waals surface area contributed by atoms with E-state index in [9.17, 15) is 15.2 Å². The van der Waals surface area contributed by atoms with E-state index in [1.165, 1.54) is 11.3 Å². The third-order valence-corrected chi connectivity index (χ3v) is 16.2. The van der Waals surface area contributed by atoms with E-state index in [1.54, 1.807) is 28.8 Å². The molecule has 0 saturated carbocycles. The van der Waals surface area contributed by atoms with Crippen LogP contribution in [0.3, 0.4) is 0 Å². The molecule has 1 aromatic heterocycles. The van der Waals surface area contributed by atoms with E-state index in [2.05, 4.69) is 65.1 Å². The number of carbonyl (C=O) groups excluding carboxylic acids is 1. The minimum atomic E-state index is -2.46. The van der Waals surface area contributed by atoms with Gasteiger partial charge in [0.25, 0.3) is 11.6 Å². The largest absolute Gasteiger partial charge is 0.497 e. The maximum Gasteiger partial charge on any atom is 0.269 e. The van der Waals surface area contributed by atoms with Gasteiger partial charge >= 0.3 is 0 Å². The predicted molar refractivity (Wildman–Crippen MR) is 213 cm³/mol. The molecule has 2 aliphatic heterocycles. The first-order valence-electron chi connectivity index (χ1n) is 17.7. The van der Waals surface area contributed by atoms with E-state index in [-0.39, 0.29) is 35.6 Å². The molecule has 2 aliphatic rings. The number of benzene rings is 4. The van der Waals surface area contributed by atoms with Gasteiger partial charge in [-0.15, -0.1) is 5.10 Å². The van der Waals surface area contributed by atoms with Crippen LogP contribution < -0.4 is 14.8 Å². The van der Waals surface area contributed by atoms with Crippen LogP contribution in [0.25, 0.3) is 0 Å². The maximum atomic E-state index is 15.1. The highest BCUT2D eigenvalue weighted by Gasteiger charge is 2.66. The summed E-state index contributed by atoms with van der Waals surface area (Å²) < 4.78 is 15.5. The first-order chi connectivity index (χ1) is 25.5. The minimum Gasteiger partial charge on any atom is -0.497 e. The Kier molecular flexibility index (Phi) is 10.3. The van der Waals surface area contributed by atoms with Crippen LogP contribution in [0.5, 0.6) is 5.75 Å². The molecule has 1 amide bonds. The molecule has 1 saturated heterocycles. The number of amides is 1. The van der Waals surface area contributed by atoms with Gasteiger partial charge in [-0.3, -0.25) is 19.6 Å². The fraction of sp³-hybridized carbons (Fsp3) is 0.325. The van der Waals surface area contributed by atoms with Crippen molar-refractivity contribution in [2.24, 2.45) is 5.92 Å². The van der Waals surface area contributed by atoms with Crippen LogP contribution in [0.15, 0.2) is 103 Å². The number of hydrogen-bond donors (Lipinski definition) is 1. The topological polar surface area (TPSA) is 133 Å². The van der Waals surface area contributed by atoms with Crippen molar-refractivity contribution in [1.29, 1.82) is 0 Å². The number of nitro benzene ring substituents is 1. The fourth-order valence-corrected chi connectivity index (χ4v) is 13.2. The second kappa shape index (κ2) is 14.8. The van der Waals surface area contributed by atoms with Gasteiger partial charge in [0.05, 0.1) is 56.7 Å². The highest BCUT2D eigenvalue weighted by Crippen LogP contribution is 2.60. The van der Waals surface area contributed by atoms with Crippen LogP contribution >= 0.6 is 22.6 Å². The molecule has 0 radical (unpaired) electrons. The number of anilines is 1. The van der Waals surface area contributed by atoms with Crippen molar-refractivity contribution in [2.75, 3.05) is 18.6 Å². The molecule has 7 rings (SSSR count). The minimum absolute atomic E-state index is 0.0675. The number of nitrogens with zero attached hydrogens (tertiary/aromatic N) is 5. The van der Waals surface area contributed by atoms with Crippen molar-refractivity contribution in [3.63, 3.8) is 0 Å². The van der Waals surface area contributed by atoms with E-state index in [1.807, 2.05) is 72.9 Å². The van der Waals surface area contributed by atoms with E-state index in [0.29, 0.717) is 36.5 Å². The third kappa shape index (κ3) is 6.68. The summed E-state index contributed by atoms with van der Waals surface area (Å²) in [6.07, 6.45) is 2.00. The zero-order chi connectivity index (χ0) is 37.5. The van der Waals surface area contributed by atoms with Crippen LogP contribution in [0.1, 0.15) is 41.6 Å². The van der Waals surface area contributed by atoms with Gasteiger partial charge in [-0.1, -0.05) is 85.0 Å². The van der Waals surface area contributed by atoms with Crippen LogP contribution in [0.4, 0.5) is 11.4 Å². The molecule has 1 spiro atoms. The monoisotopic (exact) mass is 843 g/mol. The lowest BCUT2D eigenvalue weighted by Gasteiger charge is -2.37. The number of aliphatic hydroxyl groups is 1. The highest BCUT2D eigenvalue weighted by atomic mass is 127. The molecule has 1 unspecified atom stereocenters. The van der Waals surface area contributed by atoms with E-state index >= 15 is 4.79 Å². The molecule has 274 valence electrons. The molecule has 1 N–H and O–H groups in total. The van der Waals surface area contributed by atoms with Crippen LogP contribution in [-0.4, -0.2) is 58.8 Å². The van der Waals surface area contributed by atoms with E-state index in [4.69, 9.17) is 9.47 Å². The van der Waals surface area contributed by atoms with E-state index in [0.717, 1.165) is 20.4 Å². The van der Waals surface area contributed by atoms with E-state index < -0.39 is 24.7 Å². The van der Waals surface area contributed by atoms with Crippen LogP contribution in [0, 0.1) is 19.6 Å². The van der Waals surface area contributed by atoms with Crippen molar-refractivity contribution in [3.05, 3.63) is 139 Å². The maximum absolute atomic E-state index is 15.1. The zero-order valence-corrected chi connectivity index (χ0v) is 33.2. The number of methoxy groups -OCH3 is 1. The molecular weight excluding hydrogens is 801 g/mol. The Balaban J connectivity index is 1.28. The molecule has 13 heteroatoms. The number of carbonyl (C=O) groups is 1. The Morgan fingerprint density at radius 2 is 1.81 bits per heavy atom. The number of fused-ring (bicyclic) bond motifs is 2. The lowest BCUT2D eigenvalue weighted by Crippen LogP contribution is -2.51. The second-order valence-electron chi connectivity index (χ2n) is 14.5. The summed E-state index contributed by atoms with van der Waals surface area (Å²) in [6.45, 7) is 7.35. The average molecular weight is 844 g/mol. The Morgan fingerprint density at radius 3 is 2.49 bits per heavy atom. The Hall–Kier alpha value is -4.44. The number of hydrogen-bond acceptors (Lipinski definition) is 8. The summed E-state index contributed by atoms with van der Waals surface area (Å²) in [5.41, 5.74) is 2.16. The second-order valence-corrected chi connectivity index (χ2v) is 20.4. The van der Waals surface area contributed by atoms with Crippen molar-refractivity contribution in [1.82, 2.24) is 15.0 Å². The Bertz CT molecular complexity index is 2130. The normalized spacial score (nSPS) is 21.6. The summed E-state index contributed by atoms with van der Waals surface area (Å²) in [5, 5.41) is 32.5. The standard InChI is InChI=1S/C40H42IN5O6Si/c1-26-38(53(3,4)32-16-14-31(51-2)15-17-32)37(19-20-44-24-35(42-43-44)33(25-47)28-10-6-5-7-11-28)52-40(26)34-22-30(46(49)50)13-18-36(34)45(39(40)48)23-27-9-8-12-29(41)21-27/h5-18,21-22,24,26,33,37-38,47H,19-20,23,25H2,1-4H3/t26-,33?,37+,38-,40+/m1/s1. The van der Waals surface area contributed by atoms with Gasteiger partial charge in [-0.2, -0.15) is 0 Å². The summed E-state index contributed by atoms with van der Waals surface area (Å²) >= 11 is 2.26. The zero-order valence-electron chi connectivity index (χ0n) is 30.1. The summed E-state index contributed by atoms with van der Waals surface area (Å²) in [7, 11) is -0.811. The van der Waals surface area contributed by atoms with Crippen LogP contribution in [-0.2, 0) is 28.2 Å². The number of halogens is 1. The highest BCUT2D eigenvalue weighted by molar-refractivity contribution is 14.1. The smallest absolute Gasteiger partial charge is 0.269 e. The van der Waals surface area contributed by atoms with Gasteiger partial charge < -0.3 is 19.5 Å². The number of non-ortho nitro benzene ring substituents is 1. The first-order valence-corrected chi connectivity index (χ1v) is 21.9. The van der Waals surface area contributed by atoms with Crippen molar-refractivity contribution in [3.8, 4) is 5.75 Å². The Labute approximate surface area is 323 Å². The summed E-state index contributed by atoms with van der Waals surface area (Å²) in [5.74, 6) is -0.0801. The van der Waals surface area contributed by atoms with Crippen molar-refractivity contribution < 1.29 is 24.3 Å². The molecule has 0 bridgehead atoms. The number of aliphatic hydroxyl groups excluding tert-OH is 1. The van der Waals surface area contributed by atoms with Crippen molar-refractivity contribution in [2.45, 2.75) is 62.7 Å². The molecule has 5 atom stereocenters. The molecule has 5 aromatic rings. The van der Waals surface area contributed by atoms with Gasteiger partial charge in [0.2, 0.25) is 0 Å². The van der Waals surface area contributed by atoms with Gasteiger partial charge in [0.15, 0.2) is 5.60 Å². The third-order valence-electron chi connectivity index (χ3n) is 11.2. The summed E-state index contributed by atoms with van der Waals surface area (Å²) in [4.78, 5) is 28.6. The summed E-state index contributed by atoms with van der Waals surface area (Å²) in [6, 6.07) is 30.6. The van der Waals surface area contributed by atoms with Gasteiger partial charge in [0.1, 0.15) is 5.75 Å². The number of ether oxygens (including phenoxy) is 2. The Morgan fingerprint density at radius 1 is 1.06 bits per heavy atom. The lowest BCUT2D eigenvalue weighted by molar-refractivity contribution is -0.385. The predicted octanol–water partition coefficient (Wildman–Crippen LogP) is 6.78. The molecule has 11 nitrogen and oxygen atoms in total. The molecule has 53 heavy (non-hydrogen) atoms. The average Bonchev–Trinajstić information content (AvgIpc) is 3.81. The lowest BCUT2D eigenvalue weighted by atomic mass is 9.82. The van der Waals surface area contributed by atoms with Gasteiger partial charge in [-0.25, -0.2) is 0 Å². The molecular formula is C40H42IN5O6Si. The number of nitro groups is 1. The fourth-order valence-electron chi connectivity index (χ4n) is 8.56. The van der Waals surface area contributed by atoms with Crippen molar-refractivity contribution >= 4 is 53.1 Å². The van der Waals surface area contributed by atoms with Gasteiger partial charge in [0, 0.05) is 39.9 Å². The number of rotatable bonds is 12.